The van der Waals surface area contributed by atoms with Crippen LogP contribution in [-0.2, 0) is 6.54 Å². The summed E-state index contributed by atoms with van der Waals surface area (Å²) in [6.45, 7) is 2.71. The molecule has 31 heavy (non-hydrogen) atoms. The highest BCUT2D eigenvalue weighted by molar-refractivity contribution is 6.20. The van der Waals surface area contributed by atoms with Crippen molar-refractivity contribution in [3.8, 4) is 16.9 Å². The highest BCUT2D eigenvalue weighted by Gasteiger charge is 2.20. The van der Waals surface area contributed by atoms with Crippen molar-refractivity contribution in [3.63, 3.8) is 0 Å². The summed E-state index contributed by atoms with van der Waals surface area (Å²) in [7, 11) is 0. The molecular formula is C27H22N2O2. The van der Waals surface area contributed by atoms with Gasteiger partial charge in [-0.1, -0.05) is 60.7 Å². The van der Waals surface area contributed by atoms with Gasteiger partial charge in [0.05, 0.1) is 16.4 Å². The SMILES string of the molecule is Cc1ccccc1Cn1c2cc(-c3ccccc3)cc(O)c2c2c(C(N)=O)cccc21. The number of hydrogen-bond acceptors (Lipinski definition) is 2. The summed E-state index contributed by atoms with van der Waals surface area (Å²) in [6, 6.07) is 27.6. The van der Waals surface area contributed by atoms with E-state index in [-0.39, 0.29) is 5.75 Å². The molecule has 0 saturated carbocycles. The van der Waals surface area contributed by atoms with Crippen LogP contribution in [0.25, 0.3) is 32.9 Å². The number of nitrogens with two attached hydrogens (primary N) is 1. The van der Waals surface area contributed by atoms with Crippen LogP contribution < -0.4 is 5.73 Å². The lowest BCUT2D eigenvalue weighted by Crippen LogP contribution is -2.11. The molecule has 0 atom stereocenters. The van der Waals surface area contributed by atoms with Gasteiger partial charge in [0.25, 0.3) is 0 Å². The maximum Gasteiger partial charge on any atom is 0.249 e. The Morgan fingerprint density at radius 3 is 2.32 bits per heavy atom. The standard InChI is InChI=1S/C27H22N2O2/c1-17-8-5-6-11-19(17)16-29-22-13-7-12-21(27(28)31)25(22)26-23(29)14-20(15-24(26)30)18-9-3-2-4-10-18/h2-15,30H,16H2,1H3,(H2,28,31). The van der Waals surface area contributed by atoms with Crippen LogP contribution in [0.4, 0.5) is 0 Å². The van der Waals surface area contributed by atoms with E-state index in [0.29, 0.717) is 22.9 Å². The molecule has 0 unspecified atom stereocenters. The van der Waals surface area contributed by atoms with Crippen LogP contribution in [0.2, 0.25) is 0 Å². The van der Waals surface area contributed by atoms with Gasteiger partial charge in [-0.3, -0.25) is 4.79 Å². The minimum absolute atomic E-state index is 0.138. The third kappa shape index (κ3) is 3.13. The van der Waals surface area contributed by atoms with Gasteiger partial charge < -0.3 is 15.4 Å². The molecule has 1 aromatic heterocycles. The summed E-state index contributed by atoms with van der Waals surface area (Å²) in [5, 5.41) is 12.4. The second-order valence-corrected chi connectivity index (χ2v) is 7.83. The first kappa shape index (κ1) is 18.9. The zero-order valence-corrected chi connectivity index (χ0v) is 17.2. The van der Waals surface area contributed by atoms with E-state index in [4.69, 9.17) is 5.73 Å². The summed E-state index contributed by atoms with van der Waals surface area (Å²) in [4.78, 5) is 12.2. The summed E-state index contributed by atoms with van der Waals surface area (Å²) in [5.74, 6) is -0.370. The first-order chi connectivity index (χ1) is 15.0. The zero-order valence-electron chi connectivity index (χ0n) is 17.2. The number of phenols is 1. The second kappa shape index (κ2) is 7.33. The molecule has 0 saturated heterocycles. The van der Waals surface area contributed by atoms with Gasteiger partial charge in [-0.15, -0.1) is 0 Å². The highest BCUT2D eigenvalue weighted by Crippen LogP contribution is 2.40. The molecule has 0 fully saturated rings. The normalized spacial score (nSPS) is 11.3. The molecule has 4 heteroatoms. The molecule has 1 amide bonds. The molecule has 3 N–H and O–H groups in total. The molecule has 0 aliphatic rings. The van der Waals surface area contributed by atoms with E-state index in [1.54, 1.807) is 12.1 Å². The number of aryl methyl sites for hydroxylation is 1. The fourth-order valence-electron chi connectivity index (χ4n) is 4.37. The number of aromatic nitrogens is 1. The van der Waals surface area contributed by atoms with Crippen molar-refractivity contribution in [1.82, 2.24) is 4.57 Å². The van der Waals surface area contributed by atoms with Crippen molar-refractivity contribution in [2.24, 2.45) is 5.73 Å². The van der Waals surface area contributed by atoms with Crippen LogP contribution in [0.15, 0.2) is 84.9 Å². The van der Waals surface area contributed by atoms with E-state index in [9.17, 15) is 9.90 Å². The number of fused-ring (bicyclic) bond motifs is 3. The molecule has 0 aliphatic carbocycles. The first-order valence-electron chi connectivity index (χ1n) is 10.2. The van der Waals surface area contributed by atoms with E-state index >= 15 is 0 Å². The Bertz CT molecular complexity index is 1450. The molecule has 0 spiro atoms. The molecule has 5 aromatic rings. The van der Waals surface area contributed by atoms with Crippen LogP contribution in [-0.4, -0.2) is 15.6 Å². The first-order valence-corrected chi connectivity index (χ1v) is 10.2. The van der Waals surface area contributed by atoms with Crippen molar-refractivity contribution < 1.29 is 9.90 Å². The molecule has 4 aromatic carbocycles. The fourth-order valence-corrected chi connectivity index (χ4v) is 4.37. The highest BCUT2D eigenvalue weighted by atomic mass is 16.3. The number of nitrogens with zero attached hydrogens (tertiary/aromatic N) is 1. The Balaban J connectivity index is 1.88. The predicted molar refractivity (Wildman–Crippen MR) is 125 cm³/mol. The molecular weight excluding hydrogens is 384 g/mol. The van der Waals surface area contributed by atoms with Gasteiger partial charge in [0, 0.05) is 17.5 Å². The Labute approximate surface area is 180 Å². The van der Waals surface area contributed by atoms with Gasteiger partial charge in [0.2, 0.25) is 5.91 Å². The minimum atomic E-state index is -0.507. The number of carbonyl (C=O) groups excluding carboxylic acids is 1. The number of aromatic hydroxyl groups is 1. The van der Waals surface area contributed by atoms with Gasteiger partial charge in [-0.2, -0.15) is 0 Å². The third-order valence-electron chi connectivity index (χ3n) is 5.93. The van der Waals surface area contributed by atoms with E-state index in [1.165, 1.54) is 11.1 Å². The number of rotatable bonds is 4. The van der Waals surface area contributed by atoms with Crippen LogP contribution in [0.3, 0.4) is 0 Å². The maximum absolute atomic E-state index is 12.2. The van der Waals surface area contributed by atoms with Gasteiger partial charge in [0.1, 0.15) is 5.75 Å². The average molecular weight is 406 g/mol. The molecule has 4 nitrogen and oxygen atoms in total. The largest absolute Gasteiger partial charge is 0.507 e. The van der Waals surface area contributed by atoms with Gasteiger partial charge in [-0.25, -0.2) is 0 Å². The second-order valence-electron chi connectivity index (χ2n) is 7.83. The number of primary amides is 1. The maximum atomic E-state index is 12.2. The summed E-state index contributed by atoms with van der Waals surface area (Å²) < 4.78 is 2.16. The lowest BCUT2D eigenvalue weighted by atomic mass is 10.0. The lowest BCUT2D eigenvalue weighted by molar-refractivity contribution is 0.100. The van der Waals surface area contributed by atoms with Gasteiger partial charge >= 0.3 is 0 Å². The number of hydrogen-bond donors (Lipinski definition) is 2. The van der Waals surface area contributed by atoms with Crippen molar-refractivity contribution in [2.75, 3.05) is 0 Å². The summed E-state index contributed by atoms with van der Waals surface area (Å²) in [5.41, 5.74) is 12.1. The van der Waals surface area contributed by atoms with E-state index in [2.05, 4.69) is 29.7 Å². The van der Waals surface area contributed by atoms with Crippen LogP contribution in [0, 0.1) is 6.92 Å². The topological polar surface area (TPSA) is 68.2 Å². The summed E-state index contributed by atoms with van der Waals surface area (Å²) in [6.07, 6.45) is 0. The smallest absolute Gasteiger partial charge is 0.249 e. The Kier molecular flexibility index (Phi) is 4.48. The van der Waals surface area contributed by atoms with Gasteiger partial charge in [0.15, 0.2) is 0 Å². The number of carbonyl (C=O) groups is 1. The van der Waals surface area contributed by atoms with Crippen molar-refractivity contribution in [3.05, 3.63) is 102 Å². The van der Waals surface area contributed by atoms with Crippen molar-refractivity contribution >= 4 is 27.7 Å². The van der Waals surface area contributed by atoms with Crippen molar-refractivity contribution in [2.45, 2.75) is 13.5 Å². The monoisotopic (exact) mass is 406 g/mol. The van der Waals surface area contributed by atoms with Crippen LogP contribution in [0.5, 0.6) is 5.75 Å². The van der Waals surface area contributed by atoms with Crippen molar-refractivity contribution in [1.29, 1.82) is 0 Å². The lowest BCUT2D eigenvalue weighted by Gasteiger charge is -2.11. The molecule has 0 radical (unpaired) electrons. The summed E-state index contributed by atoms with van der Waals surface area (Å²) >= 11 is 0. The van der Waals surface area contributed by atoms with Gasteiger partial charge in [-0.05, 0) is 53.4 Å². The predicted octanol–water partition coefficient (Wildman–Crippen LogP) is 5.62. The number of phenolic OH excluding ortho intramolecular Hbond substituents is 1. The molecule has 1 heterocycles. The quantitative estimate of drug-likeness (QED) is 0.407. The number of amides is 1. The van der Waals surface area contributed by atoms with Crippen LogP contribution in [0.1, 0.15) is 21.5 Å². The Morgan fingerprint density at radius 2 is 1.58 bits per heavy atom. The van der Waals surface area contributed by atoms with E-state index in [1.807, 2.05) is 54.6 Å². The van der Waals surface area contributed by atoms with Crippen LogP contribution >= 0.6 is 0 Å². The Morgan fingerprint density at radius 1 is 0.839 bits per heavy atom. The zero-order chi connectivity index (χ0) is 21.5. The fraction of sp³-hybridized carbons (Fsp3) is 0.0741. The van der Waals surface area contributed by atoms with E-state index < -0.39 is 5.91 Å². The molecule has 152 valence electrons. The molecule has 5 rings (SSSR count). The number of benzene rings is 4. The van der Waals surface area contributed by atoms with E-state index in [0.717, 1.165) is 22.2 Å². The Hall–Kier alpha value is -4.05. The molecule has 0 bridgehead atoms. The average Bonchev–Trinajstić information content (AvgIpc) is 3.10. The minimum Gasteiger partial charge on any atom is -0.507 e. The third-order valence-corrected chi connectivity index (χ3v) is 5.93. The molecule has 0 aliphatic heterocycles.